The maximum absolute atomic E-state index is 12.3. The molecule has 0 bridgehead atoms. The normalized spacial score (nSPS) is 14.4. The summed E-state index contributed by atoms with van der Waals surface area (Å²) in [6.07, 6.45) is 2.95. The Morgan fingerprint density at radius 3 is 2.64 bits per heavy atom. The smallest absolute Gasteiger partial charge is 0.289 e. The van der Waals surface area contributed by atoms with E-state index in [1.807, 2.05) is 0 Å². The lowest BCUT2D eigenvalue weighted by Gasteiger charge is -2.25. The first-order valence-electron chi connectivity index (χ1n) is 8.46. The molecule has 1 aromatic heterocycles. The number of furan rings is 1. The molecule has 2 heterocycles. The predicted molar refractivity (Wildman–Crippen MR) is 95.7 cm³/mol. The van der Waals surface area contributed by atoms with Gasteiger partial charge >= 0.3 is 0 Å². The number of rotatable bonds is 8. The molecular weight excluding hydrogens is 344 g/mol. The van der Waals surface area contributed by atoms with Crippen LogP contribution in [0.4, 0.5) is 5.88 Å². The van der Waals surface area contributed by atoms with Crippen LogP contribution in [0.1, 0.15) is 43.2 Å². The fraction of sp³-hybridized carbons (Fsp3) is 0.588. The van der Waals surface area contributed by atoms with E-state index in [9.17, 15) is 14.4 Å². The Bertz CT molecular complexity index is 596. The number of unbranched alkanes of at least 4 members (excludes halogenated alkanes) is 2. The number of hydrogen-bond acceptors (Lipinski definition) is 6. The molecule has 1 aromatic rings. The van der Waals surface area contributed by atoms with E-state index in [-0.39, 0.29) is 28.6 Å². The summed E-state index contributed by atoms with van der Waals surface area (Å²) >= 11 is 1.31. The number of hydrogen-bond donors (Lipinski definition) is 1. The third-order valence-corrected chi connectivity index (χ3v) is 4.63. The fourth-order valence-electron chi connectivity index (χ4n) is 2.42. The van der Waals surface area contributed by atoms with Crippen LogP contribution in [0.3, 0.4) is 0 Å². The van der Waals surface area contributed by atoms with Crippen molar-refractivity contribution in [1.29, 1.82) is 0 Å². The van der Waals surface area contributed by atoms with Gasteiger partial charge in [0, 0.05) is 38.3 Å². The summed E-state index contributed by atoms with van der Waals surface area (Å²) in [6, 6.07) is 3.17. The van der Waals surface area contributed by atoms with Crippen LogP contribution >= 0.6 is 11.8 Å². The van der Waals surface area contributed by atoms with Crippen LogP contribution in [0.5, 0.6) is 0 Å². The number of carbonyl (C=O) groups is 3. The summed E-state index contributed by atoms with van der Waals surface area (Å²) in [5.74, 6) is 0.972. The highest BCUT2D eigenvalue weighted by Gasteiger charge is 2.21. The Morgan fingerprint density at radius 2 is 1.92 bits per heavy atom. The lowest BCUT2D eigenvalue weighted by atomic mass is 10.2. The van der Waals surface area contributed by atoms with Crippen LogP contribution in [0, 0.1) is 0 Å². The van der Waals surface area contributed by atoms with Crippen molar-refractivity contribution in [2.24, 2.45) is 0 Å². The molecular formula is C17H24N2O5S. The second-order valence-electron chi connectivity index (χ2n) is 5.77. The molecule has 0 radical (unpaired) electrons. The molecule has 0 spiro atoms. The zero-order valence-corrected chi connectivity index (χ0v) is 15.2. The number of amides is 2. The van der Waals surface area contributed by atoms with E-state index in [1.54, 1.807) is 24.0 Å². The van der Waals surface area contributed by atoms with Crippen LogP contribution in [-0.2, 0) is 14.3 Å². The molecule has 1 aliphatic rings. The zero-order valence-electron chi connectivity index (χ0n) is 14.4. The topological polar surface area (TPSA) is 88.9 Å². The highest BCUT2D eigenvalue weighted by Crippen LogP contribution is 2.17. The average molecular weight is 368 g/mol. The van der Waals surface area contributed by atoms with Gasteiger partial charge in [-0.2, -0.15) is 0 Å². The second-order valence-corrected chi connectivity index (χ2v) is 7.04. The van der Waals surface area contributed by atoms with Gasteiger partial charge in [0.15, 0.2) is 16.8 Å². The van der Waals surface area contributed by atoms with Gasteiger partial charge in [0.25, 0.3) is 5.91 Å². The second kappa shape index (κ2) is 10.2. The first kappa shape index (κ1) is 19.5. The number of anilines is 1. The summed E-state index contributed by atoms with van der Waals surface area (Å²) in [5, 5.41) is 2.79. The third-order valence-electron chi connectivity index (χ3n) is 3.73. The largest absolute Gasteiger partial charge is 0.435 e. The van der Waals surface area contributed by atoms with Gasteiger partial charge in [0.2, 0.25) is 5.91 Å². The molecule has 0 saturated carbocycles. The van der Waals surface area contributed by atoms with E-state index >= 15 is 0 Å². The first-order chi connectivity index (χ1) is 12.1. The van der Waals surface area contributed by atoms with Gasteiger partial charge in [-0.15, -0.1) is 0 Å². The maximum atomic E-state index is 12.3. The van der Waals surface area contributed by atoms with Gasteiger partial charge in [0.05, 0.1) is 13.2 Å². The van der Waals surface area contributed by atoms with Crippen molar-refractivity contribution in [3.05, 3.63) is 17.9 Å². The van der Waals surface area contributed by atoms with Gasteiger partial charge in [-0.3, -0.25) is 19.7 Å². The van der Waals surface area contributed by atoms with Gasteiger partial charge in [-0.05, 0) is 18.9 Å². The van der Waals surface area contributed by atoms with Crippen molar-refractivity contribution >= 4 is 34.6 Å². The molecule has 0 atom stereocenters. The number of thioether (sulfide) groups is 1. The molecule has 7 nitrogen and oxygen atoms in total. The minimum absolute atomic E-state index is 0.123. The summed E-state index contributed by atoms with van der Waals surface area (Å²) in [5.41, 5.74) is 0. The molecule has 1 fully saturated rings. The Morgan fingerprint density at radius 1 is 1.16 bits per heavy atom. The summed E-state index contributed by atoms with van der Waals surface area (Å²) in [6.45, 7) is 3.70. The summed E-state index contributed by atoms with van der Waals surface area (Å²) in [4.78, 5) is 36.6. The van der Waals surface area contributed by atoms with E-state index in [1.165, 1.54) is 11.8 Å². The van der Waals surface area contributed by atoms with Crippen molar-refractivity contribution < 1.29 is 23.5 Å². The van der Waals surface area contributed by atoms with Crippen molar-refractivity contribution in [2.75, 3.05) is 37.4 Å². The van der Waals surface area contributed by atoms with Gasteiger partial charge in [-0.1, -0.05) is 18.2 Å². The zero-order chi connectivity index (χ0) is 18.1. The van der Waals surface area contributed by atoms with Crippen LogP contribution in [0.15, 0.2) is 16.5 Å². The van der Waals surface area contributed by atoms with E-state index in [0.29, 0.717) is 32.7 Å². The number of carbonyl (C=O) groups excluding carboxylic acids is 3. The van der Waals surface area contributed by atoms with Crippen molar-refractivity contribution in [3.8, 4) is 0 Å². The number of nitrogens with zero attached hydrogens (tertiary/aromatic N) is 1. The van der Waals surface area contributed by atoms with E-state index in [4.69, 9.17) is 9.15 Å². The van der Waals surface area contributed by atoms with Gasteiger partial charge in [-0.25, -0.2) is 0 Å². The predicted octanol–water partition coefficient (Wildman–Crippen LogP) is 2.53. The molecule has 1 N–H and O–H groups in total. The molecule has 2 amide bonds. The molecule has 0 aromatic carbocycles. The maximum Gasteiger partial charge on any atom is 0.289 e. The van der Waals surface area contributed by atoms with E-state index in [2.05, 4.69) is 5.32 Å². The molecule has 2 rings (SSSR count). The van der Waals surface area contributed by atoms with Crippen LogP contribution in [0.25, 0.3) is 0 Å². The summed E-state index contributed by atoms with van der Waals surface area (Å²) in [7, 11) is 0. The quantitative estimate of drug-likeness (QED) is 0.709. The number of ether oxygens (including phenoxy) is 1. The minimum atomic E-state index is -0.188. The molecule has 0 unspecified atom stereocenters. The first-order valence-corrected chi connectivity index (χ1v) is 9.45. The Hall–Kier alpha value is -1.80. The van der Waals surface area contributed by atoms with E-state index in [0.717, 1.165) is 25.0 Å². The number of nitrogens with one attached hydrogen (secondary N) is 1. The molecule has 25 heavy (non-hydrogen) atoms. The Labute approximate surface area is 151 Å². The lowest BCUT2D eigenvalue weighted by Crippen LogP contribution is -2.40. The van der Waals surface area contributed by atoms with Crippen LogP contribution in [0.2, 0.25) is 0 Å². The molecule has 0 aliphatic carbocycles. The van der Waals surface area contributed by atoms with Crippen molar-refractivity contribution in [3.63, 3.8) is 0 Å². The Balaban J connectivity index is 1.68. The molecule has 1 aliphatic heterocycles. The SMILES string of the molecule is CC(=O)SCCCCCC(=O)Nc1ccc(C(=O)N2CCOCC2)o1. The fourth-order valence-corrected chi connectivity index (χ4v) is 3.06. The monoisotopic (exact) mass is 368 g/mol. The van der Waals surface area contributed by atoms with Crippen LogP contribution in [-0.4, -0.2) is 53.9 Å². The van der Waals surface area contributed by atoms with Crippen LogP contribution < -0.4 is 5.32 Å². The molecule has 1 saturated heterocycles. The van der Waals surface area contributed by atoms with Gasteiger partial charge in [0.1, 0.15) is 0 Å². The van der Waals surface area contributed by atoms with Gasteiger partial charge < -0.3 is 14.1 Å². The lowest BCUT2D eigenvalue weighted by molar-refractivity contribution is -0.116. The Kier molecular flexibility index (Phi) is 8.00. The number of morpholine rings is 1. The summed E-state index contributed by atoms with van der Waals surface area (Å²) < 4.78 is 10.7. The van der Waals surface area contributed by atoms with E-state index < -0.39 is 0 Å². The minimum Gasteiger partial charge on any atom is -0.435 e. The molecule has 138 valence electrons. The van der Waals surface area contributed by atoms with Crippen molar-refractivity contribution in [1.82, 2.24) is 4.90 Å². The highest BCUT2D eigenvalue weighted by molar-refractivity contribution is 8.13. The molecule has 8 heteroatoms. The van der Waals surface area contributed by atoms with Crippen molar-refractivity contribution in [2.45, 2.75) is 32.6 Å². The average Bonchev–Trinajstić information content (AvgIpc) is 3.06. The standard InChI is InChI=1S/C17H24N2O5S/c1-13(20)25-12-4-2-3-5-15(21)18-16-7-6-14(24-16)17(22)19-8-10-23-11-9-19/h6-7H,2-5,8-12H2,1H3,(H,18,21). The highest BCUT2D eigenvalue weighted by atomic mass is 32.2. The third kappa shape index (κ3) is 6.91.